The van der Waals surface area contributed by atoms with Crippen molar-refractivity contribution in [3.63, 3.8) is 0 Å². The zero-order chi connectivity index (χ0) is 20.6. The predicted octanol–water partition coefficient (Wildman–Crippen LogP) is 1.48. The van der Waals surface area contributed by atoms with E-state index in [0.29, 0.717) is 49.3 Å². The van der Waals surface area contributed by atoms with Gasteiger partial charge in [-0.2, -0.15) is 4.98 Å². The SMILES string of the molecule is COc1ccc(C(=O)NCCNc2nc(C)cc(N3CCOCC3)n2)cc1OC. The molecule has 2 N–H and O–H groups in total. The Balaban J connectivity index is 1.52. The maximum Gasteiger partial charge on any atom is 0.251 e. The number of nitrogens with zero attached hydrogens (tertiary/aromatic N) is 3. The van der Waals surface area contributed by atoms with Gasteiger partial charge in [0, 0.05) is 43.5 Å². The summed E-state index contributed by atoms with van der Waals surface area (Å²) in [5.41, 5.74) is 1.39. The Hall–Kier alpha value is -3.07. The normalized spacial score (nSPS) is 13.7. The van der Waals surface area contributed by atoms with Crippen LogP contribution in [0.4, 0.5) is 11.8 Å². The molecule has 3 rings (SSSR count). The first-order valence-corrected chi connectivity index (χ1v) is 9.53. The summed E-state index contributed by atoms with van der Waals surface area (Å²) in [5, 5.41) is 6.04. The summed E-state index contributed by atoms with van der Waals surface area (Å²) in [6.07, 6.45) is 0. The number of nitrogens with one attached hydrogen (secondary N) is 2. The molecule has 0 saturated carbocycles. The molecule has 2 heterocycles. The summed E-state index contributed by atoms with van der Waals surface area (Å²) in [6, 6.07) is 7.03. The Labute approximate surface area is 170 Å². The average molecular weight is 401 g/mol. The number of methoxy groups -OCH3 is 2. The third kappa shape index (κ3) is 5.47. The lowest BCUT2D eigenvalue weighted by Crippen LogP contribution is -2.37. The zero-order valence-corrected chi connectivity index (χ0v) is 17.0. The molecule has 1 fully saturated rings. The van der Waals surface area contributed by atoms with Crippen molar-refractivity contribution in [3.05, 3.63) is 35.5 Å². The molecule has 0 aliphatic carbocycles. The molecule has 1 saturated heterocycles. The summed E-state index contributed by atoms with van der Waals surface area (Å²) in [4.78, 5) is 23.5. The van der Waals surface area contributed by atoms with Crippen LogP contribution in [0.25, 0.3) is 0 Å². The number of hydrogen-bond acceptors (Lipinski definition) is 8. The summed E-state index contributed by atoms with van der Waals surface area (Å²) >= 11 is 0. The fourth-order valence-corrected chi connectivity index (χ4v) is 3.02. The zero-order valence-electron chi connectivity index (χ0n) is 17.0. The Kier molecular flexibility index (Phi) is 7.07. The lowest BCUT2D eigenvalue weighted by atomic mass is 10.2. The van der Waals surface area contributed by atoms with Crippen molar-refractivity contribution in [2.75, 3.05) is 63.8 Å². The van der Waals surface area contributed by atoms with Crippen LogP contribution in [0.1, 0.15) is 16.1 Å². The summed E-state index contributed by atoms with van der Waals surface area (Å²) in [5.74, 6) is 2.34. The second kappa shape index (κ2) is 9.92. The first-order valence-electron chi connectivity index (χ1n) is 9.53. The van der Waals surface area contributed by atoms with Gasteiger partial charge in [0.1, 0.15) is 5.82 Å². The molecule has 2 aromatic rings. The minimum absolute atomic E-state index is 0.188. The highest BCUT2D eigenvalue weighted by Crippen LogP contribution is 2.27. The van der Waals surface area contributed by atoms with Gasteiger partial charge in [0.05, 0.1) is 27.4 Å². The Morgan fingerprint density at radius 1 is 1.10 bits per heavy atom. The number of benzene rings is 1. The van der Waals surface area contributed by atoms with Crippen LogP contribution in [0.5, 0.6) is 11.5 Å². The average Bonchev–Trinajstić information content (AvgIpc) is 2.76. The fourth-order valence-electron chi connectivity index (χ4n) is 3.02. The second-order valence-electron chi connectivity index (χ2n) is 6.54. The van der Waals surface area contributed by atoms with Crippen molar-refractivity contribution in [3.8, 4) is 11.5 Å². The monoisotopic (exact) mass is 401 g/mol. The van der Waals surface area contributed by atoms with Gasteiger partial charge in [0.15, 0.2) is 11.5 Å². The van der Waals surface area contributed by atoms with Gasteiger partial charge in [-0.3, -0.25) is 4.79 Å². The quantitative estimate of drug-likeness (QED) is 0.642. The Morgan fingerprint density at radius 3 is 2.59 bits per heavy atom. The van der Waals surface area contributed by atoms with E-state index in [1.807, 2.05) is 13.0 Å². The maximum absolute atomic E-state index is 12.4. The van der Waals surface area contributed by atoms with E-state index < -0.39 is 0 Å². The predicted molar refractivity (Wildman–Crippen MR) is 110 cm³/mol. The number of carbonyl (C=O) groups excluding carboxylic acids is 1. The molecule has 29 heavy (non-hydrogen) atoms. The molecule has 0 radical (unpaired) electrons. The summed E-state index contributed by atoms with van der Waals surface area (Å²) < 4.78 is 15.8. The number of rotatable bonds is 8. The molecule has 1 aromatic carbocycles. The van der Waals surface area contributed by atoms with Crippen molar-refractivity contribution in [1.82, 2.24) is 15.3 Å². The standard InChI is InChI=1S/C20H27N5O4/c1-14-12-18(25-8-10-29-11-9-25)24-20(23-14)22-7-6-21-19(26)15-4-5-16(27-2)17(13-15)28-3/h4-5,12-13H,6-11H2,1-3H3,(H,21,26)(H,22,23,24). The van der Waals surface area contributed by atoms with Crippen LogP contribution in [0.3, 0.4) is 0 Å². The number of aromatic nitrogens is 2. The van der Waals surface area contributed by atoms with Crippen molar-refractivity contribution in [2.45, 2.75) is 6.92 Å². The molecule has 1 aliphatic rings. The molecule has 0 bridgehead atoms. The second-order valence-corrected chi connectivity index (χ2v) is 6.54. The number of ether oxygens (including phenoxy) is 3. The van der Waals surface area contributed by atoms with Crippen LogP contribution in [-0.2, 0) is 4.74 Å². The minimum atomic E-state index is -0.188. The van der Waals surface area contributed by atoms with Gasteiger partial charge in [0.2, 0.25) is 5.95 Å². The van der Waals surface area contributed by atoms with Crippen molar-refractivity contribution < 1.29 is 19.0 Å². The highest BCUT2D eigenvalue weighted by Gasteiger charge is 2.14. The molecular formula is C20H27N5O4. The number of morpholine rings is 1. The van der Waals surface area contributed by atoms with E-state index in [0.717, 1.165) is 24.6 Å². The molecule has 9 heteroatoms. The van der Waals surface area contributed by atoms with E-state index in [1.165, 1.54) is 7.11 Å². The first kappa shape index (κ1) is 20.7. The van der Waals surface area contributed by atoms with Gasteiger partial charge >= 0.3 is 0 Å². The van der Waals surface area contributed by atoms with Crippen LogP contribution in [0.2, 0.25) is 0 Å². The van der Waals surface area contributed by atoms with E-state index in [9.17, 15) is 4.79 Å². The Morgan fingerprint density at radius 2 is 1.86 bits per heavy atom. The van der Waals surface area contributed by atoms with Crippen LogP contribution < -0.4 is 25.0 Å². The van der Waals surface area contributed by atoms with Gasteiger partial charge in [-0.1, -0.05) is 0 Å². The van der Waals surface area contributed by atoms with Gasteiger partial charge in [-0.15, -0.1) is 0 Å². The maximum atomic E-state index is 12.4. The van der Waals surface area contributed by atoms with E-state index in [1.54, 1.807) is 25.3 Å². The summed E-state index contributed by atoms with van der Waals surface area (Å²) in [7, 11) is 3.09. The number of anilines is 2. The third-order valence-electron chi connectivity index (χ3n) is 4.52. The van der Waals surface area contributed by atoms with E-state index >= 15 is 0 Å². The smallest absolute Gasteiger partial charge is 0.251 e. The topological polar surface area (TPSA) is 97.8 Å². The number of amides is 1. The minimum Gasteiger partial charge on any atom is -0.493 e. The van der Waals surface area contributed by atoms with Gasteiger partial charge in [-0.25, -0.2) is 4.98 Å². The largest absolute Gasteiger partial charge is 0.493 e. The van der Waals surface area contributed by atoms with E-state index in [4.69, 9.17) is 14.2 Å². The van der Waals surface area contributed by atoms with Crippen LogP contribution in [0, 0.1) is 6.92 Å². The van der Waals surface area contributed by atoms with Crippen molar-refractivity contribution in [1.29, 1.82) is 0 Å². The van der Waals surface area contributed by atoms with Crippen molar-refractivity contribution in [2.24, 2.45) is 0 Å². The molecule has 1 amide bonds. The lowest BCUT2D eigenvalue weighted by Gasteiger charge is -2.28. The molecule has 0 spiro atoms. The first-order chi connectivity index (χ1) is 14.1. The molecule has 1 aliphatic heterocycles. The van der Waals surface area contributed by atoms with Crippen LogP contribution in [-0.4, -0.2) is 69.5 Å². The molecule has 9 nitrogen and oxygen atoms in total. The molecular weight excluding hydrogens is 374 g/mol. The van der Waals surface area contributed by atoms with E-state index in [2.05, 4.69) is 25.5 Å². The van der Waals surface area contributed by atoms with Gasteiger partial charge < -0.3 is 29.7 Å². The van der Waals surface area contributed by atoms with Crippen LogP contribution >= 0.6 is 0 Å². The van der Waals surface area contributed by atoms with Crippen LogP contribution in [0.15, 0.2) is 24.3 Å². The molecule has 0 atom stereocenters. The molecule has 0 unspecified atom stereocenters. The number of aryl methyl sites for hydroxylation is 1. The highest BCUT2D eigenvalue weighted by molar-refractivity contribution is 5.94. The fraction of sp³-hybridized carbons (Fsp3) is 0.450. The molecule has 156 valence electrons. The Bertz CT molecular complexity index is 840. The number of carbonyl (C=O) groups is 1. The van der Waals surface area contributed by atoms with Gasteiger partial charge in [-0.05, 0) is 25.1 Å². The van der Waals surface area contributed by atoms with Crippen molar-refractivity contribution >= 4 is 17.7 Å². The van der Waals surface area contributed by atoms with E-state index in [-0.39, 0.29) is 5.91 Å². The number of hydrogen-bond donors (Lipinski definition) is 2. The highest BCUT2D eigenvalue weighted by atomic mass is 16.5. The lowest BCUT2D eigenvalue weighted by molar-refractivity contribution is 0.0954. The third-order valence-corrected chi connectivity index (χ3v) is 4.52. The van der Waals surface area contributed by atoms with Gasteiger partial charge in [0.25, 0.3) is 5.91 Å². The molecule has 1 aromatic heterocycles. The summed E-state index contributed by atoms with van der Waals surface area (Å²) in [6.45, 7) is 5.91.